The van der Waals surface area contributed by atoms with E-state index in [2.05, 4.69) is 0 Å². The van der Waals surface area contributed by atoms with Crippen LogP contribution in [0.2, 0.25) is 0 Å². The summed E-state index contributed by atoms with van der Waals surface area (Å²) in [5.74, 6) is -0.727. The molecule has 0 saturated heterocycles. The van der Waals surface area contributed by atoms with E-state index in [4.69, 9.17) is 4.74 Å². The molecule has 0 aliphatic rings. The highest BCUT2D eigenvalue weighted by atomic mass is 19.1. The van der Waals surface area contributed by atoms with Crippen LogP contribution in [-0.2, 0) is 6.42 Å². The smallest absolute Gasteiger partial charge is 0.131 e. The first kappa shape index (κ1) is 13.5. The maximum absolute atomic E-state index is 13.5. The van der Waals surface area contributed by atoms with E-state index in [9.17, 15) is 13.9 Å². The average Bonchev–Trinajstić information content (AvgIpc) is 2.38. The molecule has 0 heterocycles. The number of rotatable bonds is 4. The van der Waals surface area contributed by atoms with Crippen molar-refractivity contribution in [3.63, 3.8) is 0 Å². The van der Waals surface area contributed by atoms with Crippen molar-refractivity contribution < 1.29 is 18.6 Å². The first-order valence-corrected chi connectivity index (χ1v) is 5.86. The molecule has 0 fully saturated rings. The van der Waals surface area contributed by atoms with Gasteiger partial charge in [0.25, 0.3) is 0 Å². The number of benzene rings is 2. The van der Waals surface area contributed by atoms with Gasteiger partial charge in [-0.15, -0.1) is 0 Å². The molecular weight excluding hydrogens is 250 g/mol. The van der Waals surface area contributed by atoms with Gasteiger partial charge >= 0.3 is 0 Å². The first-order chi connectivity index (χ1) is 9.10. The van der Waals surface area contributed by atoms with Crippen LogP contribution in [0.5, 0.6) is 5.75 Å². The lowest BCUT2D eigenvalue weighted by molar-refractivity contribution is 0.173. The Morgan fingerprint density at radius 2 is 1.95 bits per heavy atom. The highest BCUT2D eigenvalue weighted by Crippen LogP contribution is 2.23. The zero-order valence-corrected chi connectivity index (χ0v) is 10.4. The van der Waals surface area contributed by atoms with Gasteiger partial charge in [-0.25, -0.2) is 8.78 Å². The quantitative estimate of drug-likeness (QED) is 0.918. The largest absolute Gasteiger partial charge is 0.497 e. The van der Waals surface area contributed by atoms with Crippen molar-refractivity contribution in [1.82, 2.24) is 0 Å². The van der Waals surface area contributed by atoms with Crippen LogP contribution in [-0.4, -0.2) is 12.2 Å². The van der Waals surface area contributed by atoms with Crippen LogP contribution in [0.1, 0.15) is 17.2 Å². The fourth-order valence-electron chi connectivity index (χ4n) is 1.90. The van der Waals surface area contributed by atoms with E-state index in [1.807, 2.05) is 6.07 Å². The molecular formula is C15H14F2O2. The fraction of sp³-hybridized carbons (Fsp3) is 0.200. The van der Waals surface area contributed by atoms with Crippen LogP contribution in [0.3, 0.4) is 0 Å². The zero-order chi connectivity index (χ0) is 13.8. The molecule has 19 heavy (non-hydrogen) atoms. The van der Waals surface area contributed by atoms with E-state index in [0.717, 1.165) is 17.7 Å². The third-order valence-electron chi connectivity index (χ3n) is 2.88. The number of aliphatic hydroxyl groups excluding tert-OH is 1. The number of hydrogen-bond donors (Lipinski definition) is 1. The van der Waals surface area contributed by atoms with Crippen LogP contribution in [0, 0.1) is 11.6 Å². The van der Waals surface area contributed by atoms with Gasteiger partial charge in [-0.05, 0) is 23.8 Å². The number of aliphatic hydroxyl groups is 1. The second-order valence-corrected chi connectivity index (χ2v) is 4.24. The van der Waals surface area contributed by atoms with E-state index in [0.29, 0.717) is 5.75 Å². The number of ether oxygens (including phenoxy) is 1. The molecule has 4 heteroatoms. The molecule has 0 amide bonds. The summed E-state index contributed by atoms with van der Waals surface area (Å²) >= 11 is 0. The van der Waals surface area contributed by atoms with E-state index in [-0.39, 0.29) is 12.0 Å². The van der Waals surface area contributed by atoms with Gasteiger partial charge in [-0.3, -0.25) is 0 Å². The van der Waals surface area contributed by atoms with Crippen LogP contribution < -0.4 is 4.74 Å². The Morgan fingerprint density at radius 1 is 1.16 bits per heavy atom. The summed E-state index contributed by atoms with van der Waals surface area (Å²) in [6, 6.07) is 10.3. The van der Waals surface area contributed by atoms with Crippen molar-refractivity contribution in [3.8, 4) is 5.75 Å². The van der Waals surface area contributed by atoms with Gasteiger partial charge < -0.3 is 9.84 Å². The molecule has 0 radical (unpaired) electrons. The van der Waals surface area contributed by atoms with Gasteiger partial charge in [0, 0.05) is 18.1 Å². The van der Waals surface area contributed by atoms with E-state index in [1.165, 1.54) is 6.07 Å². The topological polar surface area (TPSA) is 29.5 Å². The Labute approximate surface area is 110 Å². The molecule has 2 rings (SSSR count). The summed E-state index contributed by atoms with van der Waals surface area (Å²) in [6.07, 6.45) is -0.785. The monoisotopic (exact) mass is 264 g/mol. The number of hydrogen-bond acceptors (Lipinski definition) is 2. The molecule has 1 N–H and O–H groups in total. The van der Waals surface area contributed by atoms with Crippen molar-refractivity contribution in [2.75, 3.05) is 7.11 Å². The van der Waals surface area contributed by atoms with Gasteiger partial charge in [0.2, 0.25) is 0 Å². The van der Waals surface area contributed by atoms with Gasteiger partial charge in [0.05, 0.1) is 13.2 Å². The minimum atomic E-state index is -1.02. The summed E-state index contributed by atoms with van der Waals surface area (Å²) in [6.45, 7) is 0. The molecule has 0 aromatic heterocycles. The molecule has 0 saturated carbocycles. The lowest BCUT2D eigenvalue weighted by Crippen LogP contribution is -2.05. The third-order valence-corrected chi connectivity index (χ3v) is 2.88. The fourth-order valence-corrected chi connectivity index (χ4v) is 1.90. The molecule has 2 nitrogen and oxygen atoms in total. The van der Waals surface area contributed by atoms with Gasteiger partial charge in [0.15, 0.2) is 0 Å². The molecule has 0 bridgehead atoms. The van der Waals surface area contributed by atoms with Gasteiger partial charge in [0.1, 0.15) is 17.4 Å². The molecule has 1 unspecified atom stereocenters. The summed E-state index contributed by atoms with van der Waals surface area (Å²) in [7, 11) is 1.55. The standard InChI is InChI=1S/C15H14F2O2/c1-19-12-4-2-3-10(7-12)8-15(18)13-6-5-11(16)9-14(13)17/h2-7,9,15,18H,8H2,1H3. The molecule has 2 aromatic carbocycles. The van der Waals surface area contributed by atoms with E-state index in [1.54, 1.807) is 25.3 Å². The minimum absolute atomic E-state index is 0.0872. The average molecular weight is 264 g/mol. The second kappa shape index (κ2) is 5.80. The maximum atomic E-state index is 13.5. The highest BCUT2D eigenvalue weighted by Gasteiger charge is 2.14. The molecule has 100 valence electrons. The van der Waals surface area contributed by atoms with Gasteiger partial charge in [-0.2, -0.15) is 0 Å². The van der Waals surface area contributed by atoms with Crippen LogP contribution in [0.15, 0.2) is 42.5 Å². The van der Waals surface area contributed by atoms with Crippen LogP contribution in [0.25, 0.3) is 0 Å². The zero-order valence-electron chi connectivity index (χ0n) is 10.4. The predicted octanol–water partition coefficient (Wildman–Crippen LogP) is 3.25. The van der Waals surface area contributed by atoms with Gasteiger partial charge in [-0.1, -0.05) is 18.2 Å². The number of halogens is 2. The first-order valence-electron chi connectivity index (χ1n) is 5.86. The SMILES string of the molecule is COc1cccc(CC(O)c2ccc(F)cc2F)c1. The third kappa shape index (κ3) is 3.29. The summed E-state index contributed by atoms with van der Waals surface area (Å²) < 4.78 is 31.4. The summed E-state index contributed by atoms with van der Waals surface area (Å²) in [4.78, 5) is 0. The Morgan fingerprint density at radius 3 is 2.63 bits per heavy atom. The van der Waals surface area contributed by atoms with E-state index < -0.39 is 17.7 Å². The van der Waals surface area contributed by atoms with Crippen molar-refractivity contribution in [1.29, 1.82) is 0 Å². The molecule has 0 aliphatic heterocycles. The maximum Gasteiger partial charge on any atom is 0.131 e. The lowest BCUT2D eigenvalue weighted by Gasteiger charge is -2.12. The van der Waals surface area contributed by atoms with Crippen LogP contribution in [0.4, 0.5) is 8.78 Å². The van der Waals surface area contributed by atoms with Crippen molar-refractivity contribution in [3.05, 3.63) is 65.2 Å². The second-order valence-electron chi connectivity index (χ2n) is 4.24. The van der Waals surface area contributed by atoms with E-state index >= 15 is 0 Å². The molecule has 0 spiro atoms. The van der Waals surface area contributed by atoms with Crippen molar-refractivity contribution in [2.45, 2.75) is 12.5 Å². The predicted molar refractivity (Wildman–Crippen MR) is 68.0 cm³/mol. The number of methoxy groups -OCH3 is 1. The van der Waals surface area contributed by atoms with Crippen LogP contribution >= 0.6 is 0 Å². The Bertz CT molecular complexity index is 570. The highest BCUT2D eigenvalue weighted by molar-refractivity contribution is 5.30. The lowest BCUT2D eigenvalue weighted by atomic mass is 10.0. The summed E-state index contributed by atoms with van der Waals surface area (Å²) in [5.41, 5.74) is 0.903. The summed E-state index contributed by atoms with van der Waals surface area (Å²) in [5, 5.41) is 10.0. The minimum Gasteiger partial charge on any atom is -0.497 e. The molecule has 0 aliphatic carbocycles. The molecule has 2 aromatic rings. The normalized spacial score (nSPS) is 12.2. The Kier molecular flexibility index (Phi) is 4.12. The van der Waals surface area contributed by atoms with Crippen molar-refractivity contribution in [2.24, 2.45) is 0 Å². The van der Waals surface area contributed by atoms with Crippen molar-refractivity contribution >= 4 is 0 Å². The Balaban J connectivity index is 2.17. The Hall–Kier alpha value is -1.94. The molecule has 1 atom stereocenters.